The SMILES string of the molecule is Cn1c(=O)c2c(ncn2Cc2ccc(C(=O)c3ccc(N4CCC(N5CCCCC5)CC4)nc3)cc2)n(C)c1=O. The third-order valence-corrected chi connectivity index (χ3v) is 8.49. The van der Waals surface area contributed by atoms with Gasteiger partial charge >= 0.3 is 5.69 Å². The second-order valence-electron chi connectivity index (χ2n) is 11.0. The second-order valence-corrected chi connectivity index (χ2v) is 11.0. The van der Waals surface area contributed by atoms with E-state index in [0.717, 1.165) is 41.9 Å². The Labute approximate surface area is 232 Å². The highest BCUT2D eigenvalue weighted by atomic mass is 16.2. The standard InChI is InChI=1S/C30H35N7O3/c1-33-28-26(29(39)34(2)30(33)40)37(20-32-28)19-21-6-8-22(9-7-21)27(38)23-10-11-25(31-18-23)36-16-12-24(13-17-36)35-14-4-3-5-15-35/h6-11,18,20,24H,3-5,12-17,19H2,1-2H3. The van der Waals surface area contributed by atoms with Crippen LogP contribution in [0.5, 0.6) is 0 Å². The number of carbonyl (C=O) groups is 1. The van der Waals surface area contributed by atoms with Crippen molar-refractivity contribution in [3.8, 4) is 0 Å². The Morgan fingerprint density at radius 3 is 2.23 bits per heavy atom. The summed E-state index contributed by atoms with van der Waals surface area (Å²) in [6.45, 7) is 4.87. The van der Waals surface area contributed by atoms with Crippen LogP contribution >= 0.6 is 0 Å². The summed E-state index contributed by atoms with van der Waals surface area (Å²) in [5.41, 5.74) is 1.97. The molecule has 2 aliphatic rings. The second kappa shape index (κ2) is 10.8. The highest BCUT2D eigenvalue weighted by molar-refractivity contribution is 6.08. The number of ketones is 1. The van der Waals surface area contributed by atoms with Crippen molar-refractivity contribution in [2.45, 2.75) is 44.7 Å². The number of fused-ring (bicyclic) bond motifs is 1. The van der Waals surface area contributed by atoms with E-state index in [2.05, 4.69) is 19.8 Å². The molecule has 6 rings (SSSR count). The minimum Gasteiger partial charge on any atom is -0.357 e. The van der Waals surface area contributed by atoms with Gasteiger partial charge in [-0.3, -0.25) is 18.7 Å². The highest BCUT2D eigenvalue weighted by Crippen LogP contribution is 2.24. The van der Waals surface area contributed by atoms with Gasteiger partial charge in [-0.2, -0.15) is 0 Å². The molecule has 0 amide bonds. The topological polar surface area (TPSA) is 98.3 Å². The van der Waals surface area contributed by atoms with Crippen molar-refractivity contribution >= 4 is 22.8 Å². The van der Waals surface area contributed by atoms with E-state index in [-0.39, 0.29) is 11.3 Å². The van der Waals surface area contributed by atoms with Crippen molar-refractivity contribution < 1.29 is 4.79 Å². The van der Waals surface area contributed by atoms with Crippen LogP contribution in [-0.4, -0.2) is 66.6 Å². The first-order valence-corrected chi connectivity index (χ1v) is 14.1. The number of piperidine rings is 2. The maximum Gasteiger partial charge on any atom is 0.332 e. The van der Waals surface area contributed by atoms with Crippen molar-refractivity contribution in [3.05, 3.63) is 86.5 Å². The molecule has 40 heavy (non-hydrogen) atoms. The summed E-state index contributed by atoms with van der Waals surface area (Å²) in [7, 11) is 3.06. The molecule has 10 nitrogen and oxygen atoms in total. The Balaban J connectivity index is 1.11. The Bertz CT molecular complexity index is 1640. The van der Waals surface area contributed by atoms with Crippen LogP contribution in [0.2, 0.25) is 0 Å². The van der Waals surface area contributed by atoms with Gasteiger partial charge in [-0.1, -0.05) is 30.7 Å². The maximum atomic E-state index is 13.2. The van der Waals surface area contributed by atoms with Crippen LogP contribution in [0.1, 0.15) is 53.6 Å². The Morgan fingerprint density at radius 1 is 0.850 bits per heavy atom. The number of aromatic nitrogens is 5. The zero-order chi connectivity index (χ0) is 27.8. The van der Waals surface area contributed by atoms with Gasteiger partial charge in [0.1, 0.15) is 5.82 Å². The molecular formula is C30H35N7O3. The molecular weight excluding hydrogens is 506 g/mol. The van der Waals surface area contributed by atoms with Gasteiger partial charge in [0.25, 0.3) is 5.56 Å². The van der Waals surface area contributed by atoms with Gasteiger partial charge in [0.05, 0.1) is 6.33 Å². The molecule has 0 saturated carbocycles. The lowest BCUT2D eigenvalue weighted by Crippen LogP contribution is -2.46. The fraction of sp³-hybridized carbons (Fsp3) is 0.433. The molecule has 0 N–H and O–H groups in total. The zero-order valence-electron chi connectivity index (χ0n) is 23.1. The van der Waals surface area contributed by atoms with E-state index in [1.807, 2.05) is 24.3 Å². The molecule has 10 heteroatoms. The van der Waals surface area contributed by atoms with E-state index in [1.165, 1.54) is 44.0 Å². The number of hydrogen-bond donors (Lipinski definition) is 0. The molecule has 2 aliphatic heterocycles. The average Bonchev–Trinajstić information content (AvgIpc) is 3.43. The predicted molar refractivity (Wildman–Crippen MR) is 154 cm³/mol. The molecule has 2 fully saturated rings. The molecule has 0 atom stereocenters. The van der Waals surface area contributed by atoms with Crippen LogP contribution in [0.3, 0.4) is 0 Å². The number of rotatable bonds is 6. The lowest BCUT2D eigenvalue weighted by Gasteiger charge is -2.40. The van der Waals surface area contributed by atoms with Crippen LogP contribution in [0.15, 0.2) is 58.5 Å². The summed E-state index contributed by atoms with van der Waals surface area (Å²) in [6.07, 6.45) is 9.59. The molecule has 2 saturated heterocycles. The first-order valence-electron chi connectivity index (χ1n) is 14.1. The predicted octanol–water partition coefficient (Wildman–Crippen LogP) is 2.56. The van der Waals surface area contributed by atoms with E-state index in [4.69, 9.17) is 0 Å². The Kier molecular flexibility index (Phi) is 7.10. The van der Waals surface area contributed by atoms with Crippen LogP contribution in [0.4, 0.5) is 5.82 Å². The molecule has 5 heterocycles. The van der Waals surface area contributed by atoms with Gasteiger partial charge in [0, 0.05) is 57.1 Å². The summed E-state index contributed by atoms with van der Waals surface area (Å²) in [5, 5.41) is 0. The monoisotopic (exact) mass is 541 g/mol. The van der Waals surface area contributed by atoms with Gasteiger partial charge in [-0.25, -0.2) is 14.8 Å². The number of benzene rings is 1. The van der Waals surface area contributed by atoms with Crippen LogP contribution < -0.4 is 16.1 Å². The van der Waals surface area contributed by atoms with Crippen molar-refractivity contribution in [2.24, 2.45) is 14.1 Å². The quantitative estimate of drug-likeness (QED) is 0.346. The minimum atomic E-state index is -0.412. The lowest BCUT2D eigenvalue weighted by atomic mass is 10.00. The van der Waals surface area contributed by atoms with Gasteiger partial charge in [-0.05, 0) is 56.5 Å². The Hall–Kier alpha value is -4.05. The first-order chi connectivity index (χ1) is 19.4. The van der Waals surface area contributed by atoms with Crippen molar-refractivity contribution in [1.82, 2.24) is 28.6 Å². The number of carbonyl (C=O) groups excluding carboxylic acids is 1. The maximum absolute atomic E-state index is 13.2. The van der Waals surface area contributed by atoms with Crippen molar-refractivity contribution in [1.29, 1.82) is 0 Å². The third kappa shape index (κ3) is 4.88. The molecule has 0 aliphatic carbocycles. The number of imidazole rings is 1. The smallest absolute Gasteiger partial charge is 0.332 e. The van der Waals surface area contributed by atoms with E-state index in [1.54, 1.807) is 36.3 Å². The molecule has 3 aromatic heterocycles. The number of pyridine rings is 1. The number of anilines is 1. The summed E-state index contributed by atoms with van der Waals surface area (Å²) in [6, 6.07) is 11.9. The van der Waals surface area contributed by atoms with E-state index in [0.29, 0.717) is 34.9 Å². The van der Waals surface area contributed by atoms with Crippen LogP contribution in [0, 0.1) is 0 Å². The van der Waals surface area contributed by atoms with Crippen molar-refractivity contribution in [3.63, 3.8) is 0 Å². The zero-order valence-corrected chi connectivity index (χ0v) is 23.1. The number of nitrogens with zero attached hydrogens (tertiary/aromatic N) is 7. The molecule has 0 bridgehead atoms. The lowest BCUT2D eigenvalue weighted by molar-refractivity contribution is 0.103. The number of likely N-dealkylation sites (tertiary alicyclic amines) is 1. The normalized spacial score (nSPS) is 17.0. The van der Waals surface area contributed by atoms with Gasteiger partial charge in [-0.15, -0.1) is 0 Å². The Morgan fingerprint density at radius 2 is 1.55 bits per heavy atom. The fourth-order valence-corrected chi connectivity index (χ4v) is 6.09. The van der Waals surface area contributed by atoms with Crippen LogP contribution in [-0.2, 0) is 20.6 Å². The molecule has 4 aromatic rings. The highest BCUT2D eigenvalue weighted by Gasteiger charge is 2.26. The average molecular weight is 542 g/mol. The largest absolute Gasteiger partial charge is 0.357 e. The fourth-order valence-electron chi connectivity index (χ4n) is 6.09. The molecule has 0 unspecified atom stereocenters. The van der Waals surface area contributed by atoms with E-state index >= 15 is 0 Å². The summed E-state index contributed by atoms with van der Waals surface area (Å²) in [5.74, 6) is 0.853. The number of aryl methyl sites for hydroxylation is 1. The van der Waals surface area contributed by atoms with E-state index in [9.17, 15) is 14.4 Å². The molecule has 0 spiro atoms. The van der Waals surface area contributed by atoms with E-state index < -0.39 is 5.69 Å². The molecule has 1 aromatic carbocycles. The van der Waals surface area contributed by atoms with Crippen LogP contribution in [0.25, 0.3) is 11.2 Å². The van der Waals surface area contributed by atoms with Gasteiger partial charge < -0.3 is 14.4 Å². The van der Waals surface area contributed by atoms with Gasteiger partial charge in [0.2, 0.25) is 0 Å². The minimum absolute atomic E-state index is 0.0774. The first kappa shape index (κ1) is 26.2. The summed E-state index contributed by atoms with van der Waals surface area (Å²) >= 11 is 0. The summed E-state index contributed by atoms with van der Waals surface area (Å²) in [4.78, 5) is 52.0. The van der Waals surface area contributed by atoms with Crippen molar-refractivity contribution in [2.75, 3.05) is 31.1 Å². The van der Waals surface area contributed by atoms with Gasteiger partial charge in [0.15, 0.2) is 16.9 Å². The molecule has 208 valence electrons. The third-order valence-electron chi connectivity index (χ3n) is 8.49. The summed E-state index contributed by atoms with van der Waals surface area (Å²) < 4.78 is 4.18. The number of hydrogen-bond acceptors (Lipinski definition) is 7. The molecule has 0 radical (unpaired) electrons.